The first-order chi connectivity index (χ1) is 18.0. The van der Waals surface area contributed by atoms with Crippen molar-refractivity contribution in [3.05, 3.63) is 94.5 Å². The molecule has 0 spiro atoms. The molecule has 1 aromatic heterocycles. The van der Waals surface area contributed by atoms with Crippen molar-refractivity contribution in [2.45, 2.75) is 24.8 Å². The predicted octanol–water partition coefficient (Wildman–Crippen LogP) is 5.97. The van der Waals surface area contributed by atoms with Gasteiger partial charge in [-0.2, -0.15) is 0 Å². The first kappa shape index (κ1) is 25.5. The highest BCUT2D eigenvalue weighted by molar-refractivity contribution is 7.98. The highest BCUT2D eigenvalue weighted by atomic mass is 35.5. The van der Waals surface area contributed by atoms with E-state index in [1.807, 2.05) is 65.6 Å². The highest BCUT2D eigenvalue weighted by Gasteiger charge is 2.22. The van der Waals surface area contributed by atoms with Gasteiger partial charge in [0.2, 0.25) is 0 Å². The summed E-state index contributed by atoms with van der Waals surface area (Å²) in [6.45, 7) is 8.72. The van der Waals surface area contributed by atoms with Gasteiger partial charge in [-0.05, 0) is 54.9 Å². The number of hydrogen-bond acceptors (Lipinski definition) is 5. The first-order valence-corrected chi connectivity index (χ1v) is 13.9. The quantitative estimate of drug-likeness (QED) is 0.275. The van der Waals surface area contributed by atoms with Crippen molar-refractivity contribution < 1.29 is 4.79 Å². The van der Waals surface area contributed by atoms with E-state index in [-0.39, 0.29) is 5.91 Å². The van der Waals surface area contributed by atoms with Crippen LogP contribution in [0.25, 0.3) is 17.1 Å². The summed E-state index contributed by atoms with van der Waals surface area (Å²) in [4.78, 5) is 17.3. The molecule has 1 aliphatic heterocycles. The molecule has 3 aromatic carbocycles. The first-order valence-electron chi connectivity index (χ1n) is 12.5. The van der Waals surface area contributed by atoms with Crippen molar-refractivity contribution in [1.29, 1.82) is 0 Å². The summed E-state index contributed by atoms with van der Waals surface area (Å²) in [5, 5.41) is 10.5. The normalized spacial score (nSPS) is 14.2. The van der Waals surface area contributed by atoms with Crippen molar-refractivity contribution in [2.24, 2.45) is 0 Å². The van der Waals surface area contributed by atoms with Gasteiger partial charge in [0.05, 0.1) is 10.7 Å². The molecule has 1 amide bonds. The molecule has 5 rings (SSSR count). The molecular weight excluding hydrogens is 502 g/mol. The molecule has 0 unspecified atom stereocenters. The molecule has 0 radical (unpaired) electrons. The number of thioether (sulfide) groups is 1. The topological polar surface area (TPSA) is 54.3 Å². The van der Waals surface area contributed by atoms with E-state index in [1.54, 1.807) is 11.8 Å². The number of likely N-dealkylation sites (N-methyl/N-ethyl adjacent to an activating group) is 1. The maximum Gasteiger partial charge on any atom is 0.253 e. The van der Waals surface area contributed by atoms with Crippen LogP contribution in [0.4, 0.5) is 0 Å². The molecule has 1 aliphatic rings. The molecule has 4 aromatic rings. The number of carbonyl (C=O) groups is 1. The summed E-state index contributed by atoms with van der Waals surface area (Å²) in [6.07, 6.45) is 0. The fraction of sp³-hybridized carbons (Fsp3) is 0.276. The van der Waals surface area contributed by atoms with E-state index in [9.17, 15) is 4.79 Å². The van der Waals surface area contributed by atoms with Crippen LogP contribution in [-0.4, -0.2) is 63.2 Å². The van der Waals surface area contributed by atoms with Gasteiger partial charge in [0.25, 0.3) is 5.91 Å². The third kappa shape index (κ3) is 5.59. The van der Waals surface area contributed by atoms with Crippen LogP contribution in [0.1, 0.15) is 28.4 Å². The van der Waals surface area contributed by atoms with Gasteiger partial charge in [-0.1, -0.05) is 72.8 Å². The molecule has 8 heteroatoms. The molecule has 2 heterocycles. The molecule has 0 atom stereocenters. The lowest BCUT2D eigenvalue weighted by Gasteiger charge is -2.34. The van der Waals surface area contributed by atoms with Gasteiger partial charge in [-0.15, -0.1) is 10.2 Å². The zero-order valence-corrected chi connectivity index (χ0v) is 22.7. The number of aryl methyl sites for hydroxylation is 1. The summed E-state index contributed by atoms with van der Waals surface area (Å²) in [7, 11) is 0. The summed E-state index contributed by atoms with van der Waals surface area (Å²) in [5.74, 6) is 1.53. The number of halogens is 1. The van der Waals surface area contributed by atoms with Gasteiger partial charge in [0.15, 0.2) is 11.0 Å². The molecule has 1 fully saturated rings. The number of para-hydroxylation sites is 1. The van der Waals surface area contributed by atoms with Crippen LogP contribution < -0.4 is 0 Å². The minimum atomic E-state index is 0.110. The number of piperazine rings is 1. The Morgan fingerprint density at radius 1 is 0.919 bits per heavy atom. The molecule has 0 N–H and O–H groups in total. The van der Waals surface area contributed by atoms with Crippen molar-refractivity contribution in [1.82, 2.24) is 24.6 Å². The van der Waals surface area contributed by atoms with Crippen LogP contribution in [-0.2, 0) is 5.75 Å². The largest absolute Gasteiger partial charge is 0.336 e. The minimum absolute atomic E-state index is 0.110. The third-order valence-electron chi connectivity index (χ3n) is 6.78. The second-order valence-electron chi connectivity index (χ2n) is 9.12. The van der Waals surface area contributed by atoms with Crippen molar-refractivity contribution in [3.8, 4) is 17.1 Å². The third-order valence-corrected chi connectivity index (χ3v) is 8.11. The van der Waals surface area contributed by atoms with Crippen LogP contribution in [0.3, 0.4) is 0 Å². The molecule has 0 saturated carbocycles. The van der Waals surface area contributed by atoms with Crippen molar-refractivity contribution >= 4 is 29.3 Å². The molecule has 6 nitrogen and oxygen atoms in total. The van der Waals surface area contributed by atoms with E-state index in [0.717, 1.165) is 65.8 Å². The van der Waals surface area contributed by atoms with Crippen LogP contribution >= 0.6 is 23.4 Å². The Bertz CT molecular complexity index is 1380. The number of rotatable bonds is 7. The average molecular weight is 532 g/mol. The van der Waals surface area contributed by atoms with Crippen molar-refractivity contribution in [3.63, 3.8) is 0 Å². The zero-order chi connectivity index (χ0) is 25.8. The smallest absolute Gasteiger partial charge is 0.253 e. The monoisotopic (exact) mass is 531 g/mol. The fourth-order valence-electron chi connectivity index (χ4n) is 4.55. The Hall–Kier alpha value is -3.13. The Kier molecular flexibility index (Phi) is 7.93. The van der Waals surface area contributed by atoms with Crippen LogP contribution in [0.2, 0.25) is 5.02 Å². The number of benzene rings is 3. The van der Waals surface area contributed by atoms with E-state index >= 15 is 0 Å². The lowest BCUT2D eigenvalue weighted by molar-refractivity contribution is 0.0643. The SMILES string of the molecule is CCN1CCN(C(=O)c2ccc(CSc3nnc(-c4ccccc4Cl)n3-c3ccccc3C)cc2)CC1. The summed E-state index contributed by atoms with van der Waals surface area (Å²) >= 11 is 8.15. The van der Waals surface area contributed by atoms with E-state index in [4.69, 9.17) is 11.6 Å². The van der Waals surface area contributed by atoms with Crippen LogP contribution in [0.15, 0.2) is 78.0 Å². The predicted molar refractivity (Wildman–Crippen MR) is 151 cm³/mol. The minimum Gasteiger partial charge on any atom is -0.336 e. The molecule has 37 heavy (non-hydrogen) atoms. The maximum atomic E-state index is 13.0. The Morgan fingerprint density at radius 2 is 1.62 bits per heavy atom. The maximum absolute atomic E-state index is 13.0. The van der Waals surface area contributed by atoms with Crippen LogP contribution in [0, 0.1) is 6.92 Å². The van der Waals surface area contributed by atoms with Gasteiger partial charge in [-0.3, -0.25) is 9.36 Å². The summed E-state index contributed by atoms with van der Waals surface area (Å²) < 4.78 is 2.08. The Labute approximate surface area is 227 Å². The molecular formula is C29H30ClN5OS. The fourth-order valence-corrected chi connectivity index (χ4v) is 5.67. The molecule has 0 bridgehead atoms. The number of nitrogens with zero attached hydrogens (tertiary/aromatic N) is 5. The summed E-state index contributed by atoms with van der Waals surface area (Å²) in [5.41, 5.74) is 4.85. The zero-order valence-electron chi connectivity index (χ0n) is 21.1. The molecule has 190 valence electrons. The molecule has 0 aliphatic carbocycles. The number of hydrogen-bond donors (Lipinski definition) is 0. The van der Waals surface area contributed by atoms with Gasteiger partial charge in [-0.25, -0.2) is 0 Å². The average Bonchev–Trinajstić information content (AvgIpc) is 3.35. The highest BCUT2D eigenvalue weighted by Crippen LogP contribution is 2.33. The Morgan fingerprint density at radius 3 is 2.32 bits per heavy atom. The lowest BCUT2D eigenvalue weighted by atomic mass is 10.1. The number of aromatic nitrogens is 3. The lowest BCUT2D eigenvalue weighted by Crippen LogP contribution is -2.48. The van der Waals surface area contributed by atoms with Crippen LogP contribution in [0.5, 0.6) is 0 Å². The van der Waals surface area contributed by atoms with Crippen molar-refractivity contribution in [2.75, 3.05) is 32.7 Å². The molecule has 1 saturated heterocycles. The van der Waals surface area contributed by atoms with E-state index in [1.165, 1.54) is 0 Å². The number of amides is 1. The van der Waals surface area contributed by atoms with Gasteiger partial charge in [0.1, 0.15) is 0 Å². The van der Waals surface area contributed by atoms with Gasteiger partial charge in [0, 0.05) is 43.1 Å². The second kappa shape index (κ2) is 11.5. The van der Waals surface area contributed by atoms with Gasteiger partial charge < -0.3 is 9.80 Å². The second-order valence-corrected chi connectivity index (χ2v) is 10.5. The number of carbonyl (C=O) groups excluding carboxylic acids is 1. The Balaban J connectivity index is 1.35. The standard InChI is InChI=1S/C29H30ClN5OS/c1-3-33-16-18-34(19-17-33)28(36)23-14-12-22(13-15-23)20-37-29-32-31-27(24-9-5-6-10-25(24)30)35(29)26-11-7-4-8-21(26)2/h4-15H,3,16-20H2,1-2H3. The van der Waals surface area contributed by atoms with E-state index in [2.05, 4.69) is 45.6 Å². The van der Waals surface area contributed by atoms with Gasteiger partial charge >= 0.3 is 0 Å². The van der Waals surface area contributed by atoms with E-state index in [0.29, 0.717) is 16.6 Å². The van der Waals surface area contributed by atoms with E-state index < -0.39 is 0 Å². The summed E-state index contributed by atoms with van der Waals surface area (Å²) in [6, 6.07) is 23.8.